The minimum Gasteiger partial charge on any atom is -0.478 e. The van der Waals surface area contributed by atoms with E-state index in [1.54, 1.807) is 12.1 Å². The number of aromatic carboxylic acids is 1. The van der Waals surface area contributed by atoms with Gasteiger partial charge in [0, 0.05) is 5.69 Å². The number of rotatable bonds is 5. The first-order chi connectivity index (χ1) is 9.93. The molecule has 2 rings (SSSR count). The molecule has 6 nitrogen and oxygen atoms in total. The zero-order chi connectivity index (χ0) is 15.6. The summed E-state index contributed by atoms with van der Waals surface area (Å²) in [6.45, 7) is 5.82. The number of anilines is 1. The molecule has 110 valence electrons. The highest BCUT2D eigenvalue weighted by Gasteiger charge is 2.36. The highest BCUT2D eigenvalue weighted by Crippen LogP contribution is 2.23. The lowest BCUT2D eigenvalue weighted by Crippen LogP contribution is -2.34. The van der Waals surface area contributed by atoms with Crippen molar-refractivity contribution in [1.29, 1.82) is 0 Å². The van der Waals surface area contributed by atoms with Crippen LogP contribution in [0.3, 0.4) is 0 Å². The van der Waals surface area contributed by atoms with Crippen LogP contribution in [0.4, 0.5) is 10.5 Å². The predicted octanol–water partition coefficient (Wildman–Crippen LogP) is 2.12. The van der Waals surface area contributed by atoms with E-state index in [-0.39, 0.29) is 24.6 Å². The van der Waals surface area contributed by atoms with Crippen molar-refractivity contribution in [2.45, 2.75) is 13.3 Å². The Morgan fingerprint density at radius 3 is 2.71 bits per heavy atom. The number of carbonyl (C=O) groups excluding carboxylic acids is 2. The minimum absolute atomic E-state index is 0.0733. The van der Waals surface area contributed by atoms with Gasteiger partial charge >= 0.3 is 12.0 Å². The number of carbonyl (C=O) groups is 3. The first-order valence-corrected chi connectivity index (χ1v) is 6.56. The maximum Gasteiger partial charge on any atom is 0.335 e. The number of carboxylic acid groups (broad SMARTS) is 1. The lowest BCUT2D eigenvalue weighted by molar-refractivity contribution is -0.124. The predicted molar refractivity (Wildman–Crippen MR) is 77.3 cm³/mol. The molecule has 1 heterocycles. The van der Waals surface area contributed by atoms with E-state index in [0.717, 1.165) is 10.5 Å². The maximum absolute atomic E-state index is 12.3. The molecule has 1 aromatic carbocycles. The van der Waals surface area contributed by atoms with Crippen molar-refractivity contribution in [3.8, 4) is 0 Å². The van der Waals surface area contributed by atoms with E-state index in [4.69, 9.17) is 5.11 Å². The van der Waals surface area contributed by atoms with Gasteiger partial charge in [-0.25, -0.2) is 9.59 Å². The Morgan fingerprint density at radius 1 is 1.38 bits per heavy atom. The summed E-state index contributed by atoms with van der Waals surface area (Å²) in [5.74, 6) is -1.39. The van der Waals surface area contributed by atoms with Crippen molar-refractivity contribution < 1.29 is 19.5 Å². The van der Waals surface area contributed by atoms with Crippen LogP contribution in [0.5, 0.6) is 0 Å². The summed E-state index contributed by atoms with van der Waals surface area (Å²) in [5, 5.41) is 8.98. The fourth-order valence-electron chi connectivity index (χ4n) is 2.04. The topological polar surface area (TPSA) is 77.9 Å². The van der Waals surface area contributed by atoms with Gasteiger partial charge in [0.25, 0.3) is 5.91 Å². The van der Waals surface area contributed by atoms with Gasteiger partial charge in [-0.1, -0.05) is 25.1 Å². The SMILES string of the molecule is C=C(CC)CN1C(=O)CN(c2cccc(C(=O)O)c2)C1=O. The number of amides is 3. The number of imide groups is 1. The van der Waals surface area contributed by atoms with Crippen LogP contribution in [-0.4, -0.2) is 41.0 Å². The average molecular weight is 288 g/mol. The monoisotopic (exact) mass is 288 g/mol. The van der Waals surface area contributed by atoms with Gasteiger partial charge in [0.2, 0.25) is 0 Å². The molecule has 3 amide bonds. The van der Waals surface area contributed by atoms with Crippen molar-refractivity contribution >= 4 is 23.6 Å². The second kappa shape index (κ2) is 5.78. The zero-order valence-corrected chi connectivity index (χ0v) is 11.7. The van der Waals surface area contributed by atoms with Gasteiger partial charge in [-0.15, -0.1) is 0 Å². The highest BCUT2D eigenvalue weighted by atomic mass is 16.4. The summed E-state index contributed by atoms with van der Waals surface area (Å²) < 4.78 is 0. The van der Waals surface area contributed by atoms with Crippen LogP contribution in [0.25, 0.3) is 0 Å². The summed E-state index contributed by atoms with van der Waals surface area (Å²) in [4.78, 5) is 37.6. The van der Waals surface area contributed by atoms with E-state index in [0.29, 0.717) is 12.1 Å². The van der Waals surface area contributed by atoms with E-state index in [1.807, 2.05) is 6.92 Å². The van der Waals surface area contributed by atoms with Gasteiger partial charge in [0.1, 0.15) is 6.54 Å². The number of hydrogen-bond acceptors (Lipinski definition) is 3. The van der Waals surface area contributed by atoms with Gasteiger partial charge in [0.05, 0.1) is 12.1 Å². The lowest BCUT2D eigenvalue weighted by atomic mass is 10.2. The summed E-state index contributed by atoms with van der Waals surface area (Å²) in [5.41, 5.74) is 1.26. The molecule has 1 aromatic rings. The van der Waals surface area contributed by atoms with Crippen LogP contribution in [0.1, 0.15) is 23.7 Å². The summed E-state index contributed by atoms with van der Waals surface area (Å²) in [6, 6.07) is 5.52. The summed E-state index contributed by atoms with van der Waals surface area (Å²) in [7, 11) is 0. The molecular formula is C15H16N2O4. The van der Waals surface area contributed by atoms with Gasteiger partial charge in [-0.05, 0) is 24.6 Å². The molecule has 0 aliphatic carbocycles. The van der Waals surface area contributed by atoms with Gasteiger partial charge in [0.15, 0.2) is 0 Å². The van der Waals surface area contributed by atoms with E-state index < -0.39 is 12.0 Å². The highest BCUT2D eigenvalue weighted by molar-refractivity contribution is 6.12. The van der Waals surface area contributed by atoms with Crippen LogP contribution in [0.15, 0.2) is 36.4 Å². The minimum atomic E-state index is -1.08. The maximum atomic E-state index is 12.3. The second-order valence-corrected chi connectivity index (χ2v) is 4.81. The van der Waals surface area contributed by atoms with Crippen molar-refractivity contribution in [2.24, 2.45) is 0 Å². The van der Waals surface area contributed by atoms with Crippen molar-refractivity contribution in [3.05, 3.63) is 42.0 Å². The smallest absolute Gasteiger partial charge is 0.335 e. The quantitative estimate of drug-likeness (QED) is 0.665. The Kier molecular flexibility index (Phi) is 4.07. The summed E-state index contributed by atoms with van der Waals surface area (Å²) >= 11 is 0. The lowest BCUT2D eigenvalue weighted by Gasteiger charge is -2.18. The number of benzene rings is 1. The molecule has 1 aliphatic heterocycles. The Labute approximate surface area is 122 Å². The third-order valence-corrected chi connectivity index (χ3v) is 3.34. The Bertz CT molecular complexity index is 624. The number of urea groups is 1. The molecule has 0 unspecified atom stereocenters. The zero-order valence-electron chi connectivity index (χ0n) is 11.7. The molecule has 6 heteroatoms. The van der Waals surface area contributed by atoms with E-state index in [2.05, 4.69) is 6.58 Å². The molecule has 0 aromatic heterocycles. The van der Waals surface area contributed by atoms with Crippen LogP contribution >= 0.6 is 0 Å². The van der Waals surface area contributed by atoms with Gasteiger partial charge in [-0.2, -0.15) is 0 Å². The Balaban J connectivity index is 2.24. The normalized spacial score (nSPS) is 14.7. The fraction of sp³-hybridized carbons (Fsp3) is 0.267. The molecule has 1 N–H and O–H groups in total. The molecule has 0 spiro atoms. The van der Waals surface area contributed by atoms with Crippen LogP contribution in [-0.2, 0) is 4.79 Å². The molecule has 1 aliphatic rings. The van der Waals surface area contributed by atoms with Crippen molar-refractivity contribution in [1.82, 2.24) is 4.90 Å². The summed E-state index contributed by atoms with van der Waals surface area (Å²) in [6.07, 6.45) is 0.686. The molecule has 1 saturated heterocycles. The molecule has 0 radical (unpaired) electrons. The van der Waals surface area contributed by atoms with Crippen LogP contribution in [0.2, 0.25) is 0 Å². The first-order valence-electron chi connectivity index (χ1n) is 6.56. The molecule has 21 heavy (non-hydrogen) atoms. The molecule has 0 bridgehead atoms. The van der Waals surface area contributed by atoms with E-state index in [9.17, 15) is 14.4 Å². The third-order valence-electron chi connectivity index (χ3n) is 3.34. The van der Waals surface area contributed by atoms with E-state index in [1.165, 1.54) is 17.0 Å². The fourth-order valence-corrected chi connectivity index (χ4v) is 2.04. The van der Waals surface area contributed by atoms with Crippen molar-refractivity contribution in [2.75, 3.05) is 18.0 Å². The first kappa shape index (κ1) is 14.8. The van der Waals surface area contributed by atoms with Gasteiger partial charge in [-0.3, -0.25) is 14.6 Å². The number of hydrogen-bond donors (Lipinski definition) is 1. The molecular weight excluding hydrogens is 272 g/mol. The molecule has 0 saturated carbocycles. The largest absolute Gasteiger partial charge is 0.478 e. The van der Waals surface area contributed by atoms with Crippen molar-refractivity contribution in [3.63, 3.8) is 0 Å². The average Bonchev–Trinajstić information content (AvgIpc) is 2.75. The Hall–Kier alpha value is -2.63. The van der Waals surface area contributed by atoms with Crippen LogP contribution < -0.4 is 4.90 Å². The Morgan fingerprint density at radius 2 is 2.10 bits per heavy atom. The second-order valence-electron chi connectivity index (χ2n) is 4.81. The van der Waals surface area contributed by atoms with Crippen LogP contribution in [0, 0.1) is 0 Å². The standard InChI is InChI=1S/C15H16N2O4/c1-3-10(2)8-17-13(18)9-16(15(17)21)12-6-4-5-11(7-12)14(19)20/h4-7H,2-3,8-9H2,1H3,(H,19,20). The van der Waals surface area contributed by atoms with Gasteiger partial charge < -0.3 is 5.11 Å². The van der Waals surface area contributed by atoms with E-state index >= 15 is 0 Å². The number of nitrogens with zero attached hydrogens (tertiary/aromatic N) is 2. The third kappa shape index (κ3) is 2.94. The molecule has 1 fully saturated rings. The number of carboxylic acids is 1. The molecule has 0 atom stereocenters.